The summed E-state index contributed by atoms with van der Waals surface area (Å²) in [4.78, 5) is 15.0. The minimum absolute atomic E-state index is 0.166. The number of aromatic nitrogens is 1. The molecule has 0 radical (unpaired) electrons. The van der Waals surface area contributed by atoms with Crippen LogP contribution in [-0.2, 0) is 11.2 Å². The van der Waals surface area contributed by atoms with Gasteiger partial charge < -0.3 is 10.7 Å². The van der Waals surface area contributed by atoms with Gasteiger partial charge in [-0.25, -0.2) is 5.43 Å². The van der Waals surface area contributed by atoms with Crippen molar-refractivity contribution < 1.29 is 4.79 Å². The first-order valence-corrected chi connectivity index (χ1v) is 6.95. The maximum Gasteiger partial charge on any atom is 0.244 e. The summed E-state index contributed by atoms with van der Waals surface area (Å²) in [5.41, 5.74) is 11.7. The molecular weight excluding hydrogens is 276 g/mol. The number of benzene rings is 2. The Morgan fingerprint density at radius 1 is 1.18 bits per heavy atom. The van der Waals surface area contributed by atoms with E-state index in [1.807, 2.05) is 42.6 Å². The smallest absolute Gasteiger partial charge is 0.244 e. The molecule has 2 aromatic carbocycles. The molecule has 0 atom stereocenters. The number of nitrogens with two attached hydrogens (primary N) is 1. The highest BCUT2D eigenvalue weighted by molar-refractivity contribution is 5.99. The average Bonchev–Trinajstić information content (AvgIpc) is 2.93. The summed E-state index contributed by atoms with van der Waals surface area (Å²) in [5.74, 6) is -0.166. The second kappa shape index (κ2) is 6.13. The fourth-order valence-electron chi connectivity index (χ4n) is 2.23. The van der Waals surface area contributed by atoms with Crippen molar-refractivity contribution >= 4 is 28.7 Å². The number of carbonyl (C=O) groups is 1. The Labute approximate surface area is 127 Å². The minimum Gasteiger partial charge on any atom is -0.399 e. The predicted molar refractivity (Wildman–Crippen MR) is 88.6 cm³/mol. The highest BCUT2D eigenvalue weighted by Crippen LogP contribution is 2.15. The molecule has 5 heteroatoms. The number of anilines is 1. The van der Waals surface area contributed by atoms with E-state index in [4.69, 9.17) is 5.73 Å². The number of hydrogen-bond acceptors (Lipinski definition) is 3. The summed E-state index contributed by atoms with van der Waals surface area (Å²) in [7, 11) is 0. The van der Waals surface area contributed by atoms with Gasteiger partial charge in [-0.2, -0.15) is 5.10 Å². The quantitative estimate of drug-likeness (QED) is 0.392. The van der Waals surface area contributed by atoms with E-state index in [9.17, 15) is 4.79 Å². The van der Waals surface area contributed by atoms with Crippen molar-refractivity contribution in [1.82, 2.24) is 10.4 Å². The SMILES string of the molecule is Nc1ccc(CC(=O)N/N=C\c2c[nH]c3ccccc23)cc1. The van der Waals surface area contributed by atoms with E-state index in [0.29, 0.717) is 5.69 Å². The molecular formula is C17H16N4O. The van der Waals surface area contributed by atoms with Crippen LogP contribution in [0.15, 0.2) is 59.8 Å². The molecule has 5 nitrogen and oxygen atoms in total. The topological polar surface area (TPSA) is 83.3 Å². The number of nitrogens with zero attached hydrogens (tertiary/aromatic N) is 1. The van der Waals surface area contributed by atoms with Gasteiger partial charge in [0, 0.05) is 28.4 Å². The third-order valence-electron chi connectivity index (χ3n) is 3.36. The van der Waals surface area contributed by atoms with Gasteiger partial charge in [-0.3, -0.25) is 4.79 Å². The number of carbonyl (C=O) groups excluding carboxylic acids is 1. The van der Waals surface area contributed by atoms with Crippen LogP contribution in [-0.4, -0.2) is 17.1 Å². The number of para-hydroxylation sites is 1. The van der Waals surface area contributed by atoms with Crippen LogP contribution >= 0.6 is 0 Å². The molecule has 0 aliphatic heterocycles. The van der Waals surface area contributed by atoms with Gasteiger partial charge in [-0.05, 0) is 23.8 Å². The van der Waals surface area contributed by atoms with Gasteiger partial charge in [0.15, 0.2) is 0 Å². The van der Waals surface area contributed by atoms with Gasteiger partial charge in [0.05, 0.1) is 12.6 Å². The Bertz CT molecular complexity index is 818. The third-order valence-corrected chi connectivity index (χ3v) is 3.36. The van der Waals surface area contributed by atoms with Crippen molar-refractivity contribution in [1.29, 1.82) is 0 Å². The molecule has 0 unspecified atom stereocenters. The summed E-state index contributed by atoms with van der Waals surface area (Å²) in [6.07, 6.45) is 3.77. The molecule has 0 bridgehead atoms. The molecule has 1 heterocycles. The van der Waals surface area contributed by atoms with Crippen molar-refractivity contribution in [2.45, 2.75) is 6.42 Å². The molecule has 110 valence electrons. The Kier molecular flexibility index (Phi) is 3.87. The number of aromatic amines is 1. The average molecular weight is 292 g/mol. The molecule has 1 amide bonds. The molecule has 0 aliphatic carbocycles. The van der Waals surface area contributed by atoms with Crippen LogP contribution in [0.1, 0.15) is 11.1 Å². The van der Waals surface area contributed by atoms with Crippen molar-refractivity contribution in [3.8, 4) is 0 Å². The van der Waals surface area contributed by atoms with E-state index in [2.05, 4.69) is 15.5 Å². The highest BCUT2D eigenvalue weighted by Gasteiger charge is 2.03. The number of nitrogen functional groups attached to an aromatic ring is 1. The molecule has 4 N–H and O–H groups in total. The zero-order valence-corrected chi connectivity index (χ0v) is 11.9. The first-order valence-electron chi connectivity index (χ1n) is 6.95. The second-order valence-electron chi connectivity index (χ2n) is 5.00. The lowest BCUT2D eigenvalue weighted by Gasteiger charge is -2.01. The van der Waals surface area contributed by atoms with E-state index in [1.165, 1.54) is 0 Å². The molecule has 0 aliphatic rings. The van der Waals surface area contributed by atoms with Crippen LogP contribution in [0.25, 0.3) is 10.9 Å². The van der Waals surface area contributed by atoms with Gasteiger partial charge in [0.1, 0.15) is 0 Å². The first-order chi connectivity index (χ1) is 10.7. The van der Waals surface area contributed by atoms with Crippen molar-refractivity contribution in [2.24, 2.45) is 5.10 Å². The minimum atomic E-state index is -0.166. The summed E-state index contributed by atoms with van der Waals surface area (Å²) in [6.45, 7) is 0. The molecule has 3 rings (SSSR count). The van der Waals surface area contributed by atoms with Crippen LogP contribution < -0.4 is 11.2 Å². The van der Waals surface area contributed by atoms with Crippen LogP contribution in [0.2, 0.25) is 0 Å². The molecule has 1 aromatic heterocycles. The van der Waals surface area contributed by atoms with Crippen LogP contribution in [0.4, 0.5) is 5.69 Å². The van der Waals surface area contributed by atoms with Gasteiger partial charge in [-0.15, -0.1) is 0 Å². The van der Waals surface area contributed by atoms with Crippen molar-refractivity contribution in [2.75, 3.05) is 5.73 Å². The Morgan fingerprint density at radius 3 is 2.77 bits per heavy atom. The Morgan fingerprint density at radius 2 is 1.95 bits per heavy atom. The largest absolute Gasteiger partial charge is 0.399 e. The molecule has 22 heavy (non-hydrogen) atoms. The maximum absolute atomic E-state index is 11.8. The van der Waals surface area contributed by atoms with E-state index < -0.39 is 0 Å². The summed E-state index contributed by atoms with van der Waals surface area (Å²) >= 11 is 0. The zero-order valence-electron chi connectivity index (χ0n) is 11.9. The number of hydrazone groups is 1. The molecule has 0 saturated heterocycles. The predicted octanol–water partition coefficient (Wildman–Crippen LogP) is 2.44. The lowest BCUT2D eigenvalue weighted by atomic mass is 10.1. The highest BCUT2D eigenvalue weighted by atomic mass is 16.2. The maximum atomic E-state index is 11.8. The summed E-state index contributed by atoms with van der Waals surface area (Å²) < 4.78 is 0. The number of fused-ring (bicyclic) bond motifs is 1. The normalized spacial score (nSPS) is 11.1. The van der Waals surface area contributed by atoms with Gasteiger partial charge in [0.25, 0.3) is 0 Å². The molecule has 3 aromatic rings. The first kappa shape index (κ1) is 13.9. The molecule has 0 fully saturated rings. The van der Waals surface area contributed by atoms with Crippen LogP contribution in [0.5, 0.6) is 0 Å². The fraction of sp³-hybridized carbons (Fsp3) is 0.0588. The number of nitrogens with one attached hydrogen (secondary N) is 2. The van der Waals surface area contributed by atoms with E-state index in [0.717, 1.165) is 22.0 Å². The number of amides is 1. The summed E-state index contributed by atoms with van der Waals surface area (Å²) in [6, 6.07) is 15.1. The lowest BCUT2D eigenvalue weighted by molar-refractivity contribution is -0.120. The Hall–Kier alpha value is -3.08. The lowest BCUT2D eigenvalue weighted by Crippen LogP contribution is -2.19. The fourth-order valence-corrected chi connectivity index (χ4v) is 2.23. The van der Waals surface area contributed by atoms with E-state index >= 15 is 0 Å². The van der Waals surface area contributed by atoms with Crippen molar-refractivity contribution in [3.63, 3.8) is 0 Å². The van der Waals surface area contributed by atoms with Gasteiger partial charge >= 0.3 is 0 Å². The van der Waals surface area contributed by atoms with E-state index in [1.54, 1.807) is 18.3 Å². The number of H-pyrrole nitrogens is 1. The molecule has 0 saturated carbocycles. The zero-order chi connectivity index (χ0) is 15.4. The van der Waals surface area contributed by atoms with Crippen LogP contribution in [0, 0.1) is 0 Å². The Balaban J connectivity index is 1.62. The van der Waals surface area contributed by atoms with Crippen molar-refractivity contribution in [3.05, 3.63) is 65.9 Å². The monoisotopic (exact) mass is 292 g/mol. The van der Waals surface area contributed by atoms with Gasteiger partial charge in [-0.1, -0.05) is 30.3 Å². The standard InChI is InChI=1S/C17H16N4O/c18-14-7-5-12(6-8-14)9-17(22)21-20-11-13-10-19-16-4-2-1-3-15(13)16/h1-8,10-11,19H,9,18H2,(H,21,22)/b20-11-. The van der Waals surface area contributed by atoms with Gasteiger partial charge in [0.2, 0.25) is 5.91 Å². The third kappa shape index (κ3) is 3.15. The van der Waals surface area contributed by atoms with Crippen LogP contribution in [0.3, 0.4) is 0 Å². The second-order valence-corrected chi connectivity index (χ2v) is 5.00. The van der Waals surface area contributed by atoms with E-state index in [-0.39, 0.29) is 12.3 Å². The molecule has 0 spiro atoms. The number of hydrogen-bond donors (Lipinski definition) is 3. The number of rotatable bonds is 4. The summed E-state index contributed by atoms with van der Waals surface area (Å²) in [5, 5.41) is 5.08.